The molecule has 46 heavy (non-hydrogen) atoms. The van der Waals surface area contributed by atoms with Crippen molar-refractivity contribution in [3.8, 4) is 11.5 Å². The number of rotatable bonds is 9. The zero-order chi connectivity index (χ0) is 33.1. The van der Waals surface area contributed by atoms with Gasteiger partial charge < -0.3 is 24.9 Å². The fourth-order valence-corrected chi connectivity index (χ4v) is 6.93. The van der Waals surface area contributed by atoms with Crippen LogP contribution in [0.3, 0.4) is 0 Å². The van der Waals surface area contributed by atoms with Crippen molar-refractivity contribution in [2.24, 2.45) is 11.8 Å². The fraction of sp³-hybridized carbons (Fsp3) is 0.417. The van der Waals surface area contributed by atoms with Crippen molar-refractivity contribution in [3.63, 3.8) is 0 Å². The van der Waals surface area contributed by atoms with Gasteiger partial charge in [0.2, 0.25) is 5.91 Å². The van der Waals surface area contributed by atoms with E-state index < -0.39 is 29.6 Å². The minimum Gasteiger partial charge on any atom is -0.508 e. The van der Waals surface area contributed by atoms with Gasteiger partial charge in [0.25, 0.3) is 0 Å². The van der Waals surface area contributed by atoms with E-state index in [2.05, 4.69) is 4.90 Å². The maximum absolute atomic E-state index is 15.1. The molecule has 2 saturated heterocycles. The maximum Gasteiger partial charge on any atom is 0.241 e. The van der Waals surface area contributed by atoms with Crippen LogP contribution in [0.5, 0.6) is 11.5 Å². The third-order valence-electron chi connectivity index (χ3n) is 9.41. The van der Waals surface area contributed by atoms with Crippen molar-refractivity contribution in [1.82, 2.24) is 19.6 Å². The van der Waals surface area contributed by atoms with E-state index in [1.165, 1.54) is 30.3 Å². The van der Waals surface area contributed by atoms with Crippen LogP contribution in [0.4, 0.5) is 4.39 Å². The van der Waals surface area contributed by atoms with Crippen molar-refractivity contribution in [3.05, 3.63) is 94.8 Å². The number of benzene rings is 3. The number of carbonyl (C=O) groups is 3. The summed E-state index contributed by atoms with van der Waals surface area (Å²) in [5, 5.41) is 20.5. The molecule has 2 aliphatic heterocycles. The summed E-state index contributed by atoms with van der Waals surface area (Å²) in [7, 11) is 5.79. The number of hydrogen-bond acceptors (Lipinski definition) is 8. The number of phenolic OH excluding ortho intramolecular Hbond substituents is 2. The lowest BCUT2D eigenvalue weighted by Crippen LogP contribution is -2.61. The highest BCUT2D eigenvalue weighted by molar-refractivity contribution is 6.02. The van der Waals surface area contributed by atoms with E-state index in [1.54, 1.807) is 43.3 Å². The molecule has 0 aromatic heterocycles. The van der Waals surface area contributed by atoms with Gasteiger partial charge in [-0.1, -0.05) is 36.4 Å². The molecule has 2 N–H and O–H groups in total. The molecule has 3 aromatic rings. The summed E-state index contributed by atoms with van der Waals surface area (Å²) in [5.74, 6) is -3.70. The Bertz CT molecular complexity index is 1520. The number of carbonyl (C=O) groups excluding carboxylic acids is 3. The number of halogens is 1. The number of hydrogen-bond donors (Lipinski definition) is 2. The Labute approximate surface area is 269 Å². The monoisotopic (exact) mass is 630 g/mol. The molecule has 244 valence electrons. The van der Waals surface area contributed by atoms with Gasteiger partial charge in [0.1, 0.15) is 23.4 Å². The Kier molecular flexibility index (Phi) is 10.2. The van der Waals surface area contributed by atoms with Crippen LogP contribution in [-0.2, 0) is 4.79 Å². The van der Waals surface area contributed by atoms with Crippen LogP contribution in [0, 0.1) is 24.6 Å². The van der Waals surface area contributed by atoms with Gasteiger partial charge in [-0.15, -0.1) is 0 Å². The lowest BCUT2D eigenvalue weighted by Gasteiger charge is -2.47. The molecule has 10 heteroatoms. The first kappa shape index (κ1) is 33.2. The maximum atomic E-state index is 15.1. The molecule has 0 aliphatic carbocycles. The summed E-state index contributed by atoms with van der Waals surface area (Å²) in [4.78, 5) is 51.1. The first-order valence-electron chi connectivity index (χ1n) is 15.7. The predicted octanol–water partition coefficient (Wildman–Crippen LogP) is 3.65. The number of phenols is 2. The average molecular weight is 631 g/mol. The van der Waals surface area contributed by atoms with Crippen LogP contribution in [-0.4, -0.2) is 120 Å². The summed E-state index contributed by atoms with van der Waals surface area (Å²) in [6.07, 6.45) is 0. The third kappa shape index (κ3) is 7.14. The zero-order valence-electron chi connectivity index (χ0n) is 26.9. The first-order valence-corrected chi connectivity index (χ1v) is 15.7. The number of ketones is 2. The van der Waals surface area contributed by atoms with E-state index >= 15 is 4.39 Å². The van der Waals surface area contributed by atoms with Crippen molar-refractivity contribution in [1.29, 1.82) is 0 Å². The fourth-order valence-electron chi connectivity index (χ4n) is 6.93. The number of amides is 1. The summed E-state index contributed by atoms with van der Waals surface area (Å²) >= 11 is 0. The molecule has 3 atom stereocenters. The Morgan fingerprint density at radius 3 is 1.87 bits per heavy atom. The molecule has 9 nitrogen and oxygen atoms in total. The van der Waals surface area contributed by atoms with Gasteiger partial charge in [0, 0.05) is 74.7 Å². The standard InChI is InChI=1S/C36H43FN4O5/c1-23-28(12-7-13-31(23)37)33-29(34(44)24-8-5-10-26(42)18-24)20-41(21-30(33)35(45)25-9-6-11-27(43)19-25)32(22-38(2)3)36(46)40-16-14-39(4)15-17-40/h5-13,18-19,29-30,32-33,42-43H,14-17,20-22H2,1-4H3. The van der Waals surface area contributed by atoms with Crippen LogP contribution >= 0.6 is 0 Å². The molecule has 0 spiro atoms. The Morgan fingerprint density at radius 2 is 1.37 bits per heavy atom. The highest BCUT2D eigenvalue weighted by Crippen LogP contribution is 2.43. The minimum absolute atomic E-state index is 0.0608. The smallest absolute Gasteiger partial charge is 0.241 e. The lowest BCUT2D eigenvalue weighted by atomic mass is 9.67. The van der Waals surface area contributed by atoms with E-state index in [-0.39, 0.29) is 53.2 Å². The minimum atomic E-state index is -0.854. The molecular formula is C36H43FN4O5. The average Bonchev–Trinajstić information content (AvgIpc) is 3.03. The van der Waals surface area contributed by atoms with E-state index in [0.717, 1.165) is 13.1 Å². The summed E-state index contributed by atoms with van der Waals surface area (Å²) in [6.45, 7) is 4.97. The van der Waals surface area contributed by atoms with E-state index in [0.29, 0.717) is 30.8 Å². The third-order valence-corrected chi connectivity index (χ3v) is 9.41. The second kappa shape index (κ2) is 14.1. The van der Waals surface area contributed by atoms with Crippen molar-refractivity contribution < 1.29 is 29.0 Å². The van der Waals surface area contributed by atoms with Crippen LogP contribution in [0.2, 0.25) is 0 Å². The number of piperidine rings is 1. The van der Waals surface area contributed by atoms with Crippen LogP contribution < -0.4 is 0 Å². The largest absolute Gasteiger partial charge is 0.508 e. The van der Waals surface area contributed by atoms with Gasteiger partial charge in [-0.05, 0) is 69.5 Å². The Hall–Kier alpha value is -4.12. The van der Waals surface area contributed by atoms with Gasteiger partial charge >= 0.3 is 0 Å². The number of aromatic hydroxyl groups is 2. The molecule has 1 amide bonds. The molecule has 0 bridgehead atoms. The predicted molar refractivity (Wildman–Crippen MR) is 174 cm³/mol. The molecule has 2 aliphatic rings. The number of nitrogens with zero attached hydrogens (tertiary/aromatic N) is 4. The second-order valence-corrected chi connectivity index (χ2v) is 12.9. The van der Waals surface area contributed by atoms with Crippen molar-refractivity contribution in [2.75, 3.05) is 67.0 Å². The molecule has 3 unspecified atom stereocenters. The number of piperazine rings is 1. The van der Waals surface area contributed by atoms with E-state index in [4.69, 9.17) is 0 Å². The van der Waals surface area contributed by atoms with Gasteiger partial charge in [-0.3, -0.25) is 19.3 Å². The molecular weight excluding hydrogens is 587 g/mol. The van der Waals surface area contributed by atoms with Crippen molar-refractivity contribution >= 4 is 17.5 Å². The SMILES string of the molecule is Cc1c(F)cccc1C1C(C(=O)c2cccc(O)c2)CN(C(CN(C)C)C(=O)N2CCN(C)CC2)CC1C(=O)c1cccc(O)c1. The lowest BCUT2D eigenvalue weighted by molar-refractivity contribution is -0.140. The van der Waals surface area contributed by atoms with Gasteiger partial charge in [-0.25, -0.2) is 4.39 Å². The molecule has 2 fully saturated rings. The van der Waals surface area contributed by atoms with Gasteiger partial charge in [0.05, 0.1) is 0 Å². The molecule has 0 radical (unpaired) electrons. The highest BCUT2D eigenvalue weighted by Gasteiger charge is 2.48. The van der Waals surface area contributed by atoms with Crippen LogP contribution in [0.1, 0.15) is 37.8 Å². The quantitative estimate of drug-likeness (QED) is 0.346. The Balaban J connectivity index is 1.65. The molecule has 5 rings (SSSR count). The summed E-state index contributed by atoms with van der Waals surface area (Å²) in [6, 6.07) is 16.2. The summed E-state index contributed by atoms with van der Waals surface area (Å²) in [5.41, 5.74) is 1.43. The molecule has 3 aromatic carbocycles. The van der Waals surface area contributed by atoms with Crippen LogP contribution in [0.25, 0.3) is 0 Å². The summed E-state index contributed by atoms with van der Waals surface area (Å²) < 4.78 is 15.1. The van der Waals surface area contributed by atoms with Crippen LogP contribution in [0.15, 0.2) is 66.7 Å². The second-order valence-electron chi connectivity index (χ2n) is 12.9. The van der Waals surface area contributed by atoms with Gasteiger partial charge in [-0.2, -0.15) is 0 Å². The molecule has 0 saturated carbocycles. The normalized spacial score (nSPS) is 21.7. The number of likely N-dealkylation sites (N-methyl/N-ethyl adjacent to an activating group) is 2. The van der Waals surface area contributed by atoms with Gasteiger partial charge in [0.15, 0.2) is 11.6 Å². The number of likely N-dealkylation sites (tertiary alicyclic amines) is 1. The number of Topliss-reactive ketones (excluding diaryl/α,β-unsaturated/α-hetero) is 2. The molecule has 2 heterocycles. The van der Waals surface area contributed by atoms with Crippen molar-refractivity contribution in [2.45, 2.75) is 18.9 Å². The Morgan fingerprint density at radius 1 is 0.848 bits per heavy atom. The van der Waals surface area contributed by atoms with E-state index in [1.807, 2.05) is 35.8 Å². The highest BCUT2D eigenvalue weighted by atomic mass is 19.1. The van der Waals surface area contributed by atoms with E-state index in [9.17, 15) is 24.6 Å². The topological polar surface area (TPSA) is 105 Å². The first-order chi connectivity index (χ1) is 21.9. The zero-order valence-corrected chi connectivity index (χ0v) is 26.9.